The molecule has 2 amide bonds. The number of urea groups is 1. The largest absolute Gasteiger partial charge is 0.480 e. The molecule has 1 rings (SSSR count). The van der Waals surface area contributed by atoms with Crippen LogP contribution < -0.4 is 10.6 Å². The number of ether oxygens (including phenoxy) is 2. The fourth-order valence-corrected chi connectivity index (χ4v) is 2.12. The maximum absolute atomic E-state index is 11.7. The number of methoxy groups -OCH3 is 2. The lowest BCUT2D eigenvalue weighted by atomic mass is 10.2. The molecule has 3 atom stereocenters. The Hall–Kier alpha value is -1.83. The molecule has 114 valence electrons. The van der Waals surface area contributed by atoms with Gasteiger partial charge in [0.05, 0.1) is 19.6 Å². The number of nitrogens with one attached hydrogen (secondary N) is 2. The second-order valence-corrected chi connectivity index (χ2v) is 4.66. The number of rotatable bonds is 6. The van der Waals surface area contributed by atoms with Gasteiger partial charge in [-0.1, -0.05) is 0 Å². The molecule has 8 nitrogen and oxygen atoms in total. The lowest BCUT2D eigenvalue weighted by Gasteiger charge is -2.17. The summed E-state index contributed by atoms with van der Waals surface area (Å²) in [6.07, 6.45) is 2.03. The van der Waals surface area contributed by atoms with E-state index in [1.165, 1.54) is 0 Å². The predicted molar refractivity (Wildman–Crippen MR) is 68.2 cm³/mol. The number of carbonyl (C=O) groups excluding carboxylic acids is 2. The first kappa shape index (κ1) is 16.2. The van der Waals surface area contributed by atoms with E-state index in [1.807, 2.05) is 0 Å². The van der Waals surface area contributed by atoms with E-state index in [4.69, 9.17) is 9.84 Å². The molecule has 0 saturated heterocycles. The van der Waals surface area contributed by atoms with Crippen molar-refractivity contribution >= 4 is 18.0 Å². The Morgan fingerprint density at radius 1 is 1.30 bits per heavy atom. The Bertz CT molecular complexity index is 373. The minimum atomic E-state index is -1.30. The van der Waals surface area contributed by atoms with Gasteiger partial charge < -0.3 is 25.2 Å². The van der Waals surface area contributed by atoms with Crippen molar-refractivity contribution in [3.05, 3.63) is 0 Å². The van der Waals surface area contributed by atoms with E-state index in [0.29, 0.717) is 6.42 Å². The Morgan fingerprint density at radius 2 is 2.00 bits per heavy atom. The van der Waals surface area contributed by atoms with Crippen LogP contribution in [0.5, 0.6) is 0 Å². The third-order valence-corrected chi connectivity index (χ3v) is 3.25. The van der Waals surface area contributed by atoms with Gasteiger partial charge in [-0.05, 0) is 19.3 Å². The van der Waals surface area contributed by atoms with Crippen LogP contribution >= 0.6 is 0 Å². The molecule has 2 unspecified atom stereocenters. The average molecular weight is 288 g/mol. The number of carboxylic acid groups (broad SMARTS) is 1. The molecule has 8 heteroatoms. The summed E-state index contributed by atoms with van der Waals surface area (Å²) in [7, 11) is 2.77. The minimum absolute atomic E-state index is 0.0486. The second kappa shape index (κ2) is 7.68. The van der Waals surface area contributed by atoms with Gasteiger partial charge in [0.1, 0.15) is 6.04 Å². The molecule has 0 aromatic rings. The average Bonchev–Trinajstić information content (AvgIpc) is 2.85. The number of aliphatic carboxylic acids is 1. The van der Waals surface area contributed by atoms with Crippen molar-refractivity contribution in [1.82, 2.24) is 10.6 Å². The van der Waals surface area contributed by atoms with Crippen LogP contribution in [0.15, 0.2) is 0 Å². The zero-order chi connectivity index (χ0) is 15.1. The summed E-state index contributed by atoms with van der Waals surface area (Å²) in [5.74, 6) is -1.98. The molecule has 0 radical (unpaired) electrons. The Morgan fingerprint density at radius 3 is 2.50 bits per heavy atom. The fraction of sp³-hybridized carbons (Fsp3) is 0.750. The molecule has 1 aliphatic carbocycles. The lowest BCUT2D eigenvalue weighted by molar-refractivity contribution is -0.147. The van der Waals surface area contributed by atoms with Gasteiger partial charge in [-0.3, -0.25) is 4.79 Å². The first-order chi connectivity index (χ1) is 9.46. The summed E-state index contributed by atoms with van der Waals surface area (Å²) in [4.78, 5) is 33.7. The van der Waals surface area contributed by atoms with Gasteiger partial charge >= 0.3 is 18.0 Å². The number of carboxylic acids is 1. The Labute approximate surface area is 116 Å². The Balaban J connectivity index is 2.42. The molecular weight excluding hydrogens is 268 g/mol. The molecule has 1 aliphatic rings. The summed E-state index contributed by atoms with van der Waals surface area (Å²) < 4.78 is 9.57. The van der Waals surface area contributed by atoms with E-state index in [1.54, 1.807) is 7.11 Å². The zero-order valence-electron chi connectivity index (χ0n) is 11.5. The first-order valence-corrected chi connectivity index (χ1v) is 6.35. The van der Waals surface area contributed by atoms with Crippen molar-refractivity contribution in [2.24, 2.45) is 0 Å². The van der Waals surface area contributed by atoms with Crippen LogP contribution in [0, 0.1) is 0 Å². The third-order valence-electron chi connectivity index (χ3n) is 3.25. The smallest absolute Gasteiger partial charge is 0.326 e. The molecule has 0 spiro atoms. The third kappa shape index (κ3) is 5.04. The highest BCUT2D eigenvalue weighted by Gasteiger charge is 2.28. The van der Waals surface area contributed by atoms with Crippen LogP contribution in [0.4, 0.5) is 4.79 Å². The van der Waals surface area contributed by atoms with Gasteiger partial charge in [0.2, 0.25) is 0 Å². The SMILES string of the molecule is COC(=O)C[C@H](NC(=O)NC1CCC(OC)C1)C(=O)O. The van der Waals surface area contributed by atoms with Gasteiger partial charge in [0.25, 0.3) is 0 Å². The quantitative estimate of drug-likeness (QED) is 0.587. The number of hydrogen-bond donors (Lipinski definition) is 3. The maximum Gasteiger partial charge on any atom is 0.326 e. The van der Waals surface area contributed by atoms with Crippen LogP contribution in [0.3, 0.4) is 0 Å². The molecule has 0 bridgehead atoms. The van der Waals surface area contributed by atoms with Crippen LogP contribution in [0.25, 0.3) is 0 Å². The lowest BCUT2D eigenvalue weighted by Crippen LogP contribution is -2.49. The fourth-order valence-electron chi connectivity index (χ4n) is 2.12. The molecule has 0 heterocycles. The van der Waals surface area contributed by atoms with E-state index >= 15 is 0 Å². The van der Waals surface area contributed by atoms with Crippen molar-refractivity contribution in [3.63, 3.8) is 0 Å². The van der Waals surface area contributed by atoms with Gasteiger partial charge in [-0.25, -0.2) is 9.59 Å². The highest BCUT2D eigenvalue weighted by Crippen LogP contribution is 2.21. The summed E-state index contributed by atoms with van der Waals surface area (Å²) in [5.41, 5.74) is 0. The standard InChI is InChI=1S/C12H20N2O6/c1-19-8-4-3-7(5-8)13-12(18)14-9(11(16)17)6-10(15)20-2/h7-9H,3-6H2,1-2H3,(H,16,17)(H2,13,14,18)/t7?,8?,9-/m0/s1. The highest BCUT2D eigenvalue weighted by molar-refractivity contribution is 5.86. The zero-order valence-corrected chi connectivity index (χ0v) is 11.5. The van der Waals surface area contributed by atoms with Crippen molar-refractivity contribution in [3.8, 4) is 0 Å². The molecular formula is C12H20N2O6. The van der Waals surface area contributed by atoms with E-state index in [9.17, 15) is 14.4 Å². The predicted octanol–water partition coefficient (Wildman–Crippen LogP) is -0.131. The van der Waals surface area contributed by atoms with Gasteiger partial charge in [0, 0.05) is 13.2 Å². The van der Waals surface area contributed by atoms with Gasteiger partial charge in [-0.2, -0.15) is 0 Å². The van der Waals surface area contributed by atoms with Gasteiger partial charge in [0.15, 0.2) is 0 Å². The number of carbonyl (C=O) groups is 3. The number of esters is 1. The van der Waals surface area contributed by atoms with Crippen LogP contribution in [0.2, 0.25) is 0 Å². The molecule has 1 fully saturated rings. The molecule has 3 N–H and O–H groups in total. The molecule has 1 saturated carbocycles. The second-order valence-electron chi connectivity index (χ2n) is 4.66. The molecule has 0 aliphatic heterocycles. The normalized spacial score (nSPS) is 22.9. The molecule has 20 heavy (non-hydrogen) atoms. The minimum Gasteiger partial charge on any atom is -0.480 e. The highest BCUT2D eigenvalue weighted by atomic mass is 16.5. The summed E-state index contributed by atoms with van der Waals surface area (Å²) >= 11 is 0. The maximum atomic E-state index is 11.7. The van der Waals surface area contributed by atoms with E-state index in [0.717, 1.165) is 20.0 Å². The monoisotopic (exact) mass is 288 g/mol. The number of hydrogen-bond acceptors (Lipinski definition) is 5. The van der Waals surface area contributed by atoms with E-state index in [2.05, 4.69) is 15.4 Å². The van der Waals surface area contributed by atoms with E-state index < -0.39 is 30.4 Å². The van der Waals surface area contributed by atoms with E-state index in [-0.39, 0.29) is 12.1 Å². The topological polar surface area (TPSA) is 114 Å². The van der Waals surface area contributed by atoms with Crippen molar-refractivity contribution in [1.29, 1.82) is 0 Å². The van der Waals surface area contributed by atoms with Crippen molar-refractivity contribution in [2.45, 2.75) is 43.9 Å². The first-order valence-electron chi connectivity index (χ1n) is 6.35. The Kier molecular flexibility index (Phi) is 6.23. The van der Waals surface area contributed by atoms with Crippen molar-refractivity contribution < 1.29 is 29.0 Å². The van der Waals surface area contributed by atoms with Crippen LogP contribution in [-0.4, -0.2) is 55.5 Å². The van der Waals surface area contributed by atoms with Crippen molar-refractivity contribution in [2.75, 3.05) is 14.2 Å². The summed E-state index contributed by atoms with van der Waals surface area (Å²) in [6.45, 7) is 0. The number of amides is 2. The van der Waals surface area contributed by atoms with Gasteiger partial charge in [-0.15, -0.1) is 0 Å². The van der Waals surface area contributed by atoms with Crippen LogP contribution in [0.1, 0.15) is 25.7 Å². The molecule has 0 aromatic heterocycles. The summed E-state index contributed by atoms with van der Waals surface area (Å²) in [6, 6.07) is -1.96. The van der Waals surface area contributed by atoms with Crippen LogP contribution in [-0.2, 0) is 19.1 Å². The molecule has 0 aromatic carbocycles. The summed E-state index contributed by atoms with van der Waals surface area (Å²) in [5, 5.41) is 13.9.